The first-order valence-corrected chi connectivity index (χ1v) is 11.2. The molecule has 2 heterocycles. The van der Waals surface area contributed by atoms with Gasteiger partial charge >= 0.3 is 6.03 Å². The maximum absolute atomic E-state index is 12.9. The highest BCUT2D eigenvalue weighted by molar-refractivity contribution is 7.90. The van der Waals surface area contributed by atoms with Gasteiger partial charge in [-0.15, -0.1) is 0 Å². The molecule has 0 aromatic carbocycles. The second-order valence-electron chi connectivity index (χ2n) is 7.73. The van der Waals surface area contributed by atoms with Crippen molar-refractivity contribution in [3.05, 3.63) is 0 Å². The zero-order valence-electron chi connectivity index (χ0n) is 15.6. The molecule has 0 aromatic rings. The summed E-state index contributed by atoms with van der Waals surface area (Å²) < 4.78 is 27.0. The second kappa shape index (κ2) is 8.14. The first-order valence-electron chi connectivity index (χ1n) is 9.69. The number of rotatable bonds is 4. The van der Waals surface area contributed by atoms with Crippen molar-refractivity contribution >= 4 is 27.9 Å². The summed E-state index contributed by atoms with van der Waals surface area (Å²) in [5.74, 6) is -0.992. The van der Waals surface area contributed by atoms with Gasteiger partial charge in [0.15, 0.2) is 5.25 Å². The third-order valence-electron chi connectivity index (χ3n) is 5.77. The van der Waals surface area contributed by atoms with Crippen molar-refractivity contribution in [3.8, 4) is 0 Å². The molecule has 3 fully saturated rings. The molecule has 4 amide bonds. The lowest BCUT2D eigenvalue weighted by atomic mass is 9.93. The maximum atomic E-state index is 12.9. The minimum atomic E-state index is -3.91. The van der Waals surface area contributed by atoms with E-state index < -0.39 is 33.3 Å². The van der Waals surface area contributed by atoms with E-state index in [1.54, 1.807) is 0 Å². The lowest BCUT2D eigenvalue weighted by Gasteiger charge is -2.36. The van der Waals surface area contributed by atoms with Crippen LogP contribution in [-0.4, -0.2) is 61.0 Å². The molecule has 2 atom stereocenters. The SMILES string of the molecule is CC1NC(=O)NC(=O)C1S(=O)(=O)N1CCC(C(=O)NC2CCCCC2)CC1. The summed E-state index contributed by atoms with van der Waals surface area (Å²) in [4.78, 5) is 35.8. The predicted octanol–water partition coefficient (Wildman–Crippen LogP) is 0.0736. The Hall–Kier alpha value is -1.68. The summed E-state index contributed by atoms with van der Waals surface area (Å²) >= 11 is 0. The van der Waals surface area contributed by atoms with E-state index in [0.29, 0.717) is 12.8 Å². The van der Waals surface area contributed by atoms with Crippen LogP contribution >= 0.6 is 0 Å². The predicted molar refractivity (Wildman–Crippen MR) is 98.2 cm³/mol. The molecule has 152 valence electrons. The Morgan fingerprint density at radius 3 is 2.30 bits per heavy atom. The van der Waals surface area contributed by atoms with Gasteiger partial charge in [0.2, 0.25) is 21.8 Å². The molecular weight excluding hydrogens is 372 g/mol. The Morgan fingerprint density at radius 1 is 1.07 bits per heavy atom. The van der Waals surface area contributed by atoms with Crippen LogP contribution in [0, 0.1) is 5.92 Å². The van der Waals surface area contributed by atoms with E-state index >= 15 is 0 Å². The molecule has 0 spiro atoms. The van der Waals surface area contributed by atoms with E-state index in [2.05, 4.69) is 10.6 Å². The van der Waals surface area contributed by atoms with Crippen molar-refractivity contribution in [1.29, 1.82) is 0 Å². The molecular formula is C17H28N4O5S. The summed E-state index contributed by atoms with van der Waals surface area (Å²) in [5, 5.41) is 6.22. The number of carbonyl (C=O) groups is 3. The quantitative estimate of drug-likeness (QED) is 0.616. The first-order chi connectivity index (χ1) is 12.8. The Kier molecular flexibility index (Phi) is 6.05. The fraction of sp³-hybridized carbons (Fsp3) is 0.824. The molecule has 0 bridgehead atoms. The normalized spacial score (nSPS) is 29.1. The lowest BCUT2D eigenvalue weighted by Crippen LogP contribution is -2.64. The number of sulfonamides is 1. The zero-order valence-corrected chi connectivity index (χ0v) is 16.4. The first kappa shape index (κ1) is 20.1. The number of piperidine rings is 1. The van der Waals surface area contributed by atoms with Gasteiger partial charge in [0, 0.05) is 25.0 Å². The van der Waals surface area contributed by atoms with Gasteiger partial charge in [0.1, 0.15) is 0 Å². The van der Waals surface area contributed by atoms with E-state index in [9.17, 15) is 22.8 Å². The molecule has 0 aromatic heterocycles. The summed E-state index contributed by atoms with van der Waals surface area (Å²) in [6, 6.07) is -1.25. The van der Waals surface area contributed by atoms with Gasteiger partial charge in [0.05, 0.1) is 6.04 Å². The molecule has 2 saturated heterocycles. The number of amides is 4. The van der Waals surface area contributed by atoms with E-state index in [1.165, 1.54) is 17.6 Å². The topological polar surface area (TPSA) is 125 Å². The van der Waals surface area contributed by atoms with Gasteiger partial charge in [-0.25, -0.2) is 17.5 Å². The largest absolute Gasteiger partial charge is 0.353 e. The van der Waals surface area contributed by atoms with Crippen molar-refractivity contribution in [2.75, 3.05) is 13.1 Å². The molecule has 2 aliphatic heterocycles. The van der Waals surface area contributed by atoms with Gasteiger partial charge in [-0.1, -0.05) is 19.3 Å². The second-order valence-corrected chi connectivity index (χ2v) is 9.79. The van der Waals surface area contributed by atoms with Gasteiger partial charge in [-0.05, 0) is 32.6 Å². The fourth-order valence-electron chi connectivity index (χ4n) is 4.22. The highest BCUT2D eigenvalue weighted by Crippen LogP contribution is 2.25. The molecule has 9 nitrogen and oxygen atoms in total. The minimum Gasteiger partial charge on any atom is -0.353 e. The summed E-state index contributed by atoms with van der Waals surface area (Å²) in [7, 11) is -3.91. The number of carbonyl (C=O) groups excluding carboxylic acids is 3. The third kappa shape index (κ3) is 4.43. The number of hydrogen-bond acceptors (Lipinski definition) is 5. The number of imide groups is 1. The monoisotopic (exact) mass is 400 g/mol. The van der Waals surface area contributed by atoms with Crippen molar-refractivity contribution in [2.24, 2.45) is 5.92 Å². The van der Waals surface area contributed by atoms with Crippen LogP contribution in [0.15, 0.2) is 0 Å². The zero-order chi connectivity index (χ0) is 19.6. The van der Waals surface area contributed by atoms with Gasteiger partial charge in [-0.2, -0.15) is 0 Å². The van der Waals surface area contributed by atoms with Crippen LogP contribution in [0.4, 0.5) is 4.79 Å². The van der Waals surface area contributed by atoms with Crippen molar-refractivity contribution in [1.82, 2.24) is 20.3 Å². The van der Waals surface area contributed by atoms with Gasteiger partial charge in [-0.3, -0.25) is 14.9 Å². The van der Waals surface area contributed by atoms with Gasteiger partial charge in [0.25, 0.3) is 0 Å². The molecule has 1 aliphatic carbocycles. The van der Waals surface area contributed by atoms with Crippen molar-refractivity contribution < 1.29 is 22.8 Å². The molecule has 3 N–H and O–H groups in total. The summed E-state index contributed by atoms with van der Waals surface area (Å²) in [6.45, 7) is 1.91. The van der Waals surface area contributed by atoms with Crippen LogP contribution in [0.5, 0.6) is 0 Å². The number of nitrogens with one attached hydrogen (secondary N) is 3. The van der Waals surface area contributed by atoms with E-state index in [0.717, 1.165) is 25.7 Å². The molecule has 27 heavy (non-hydrogen) atoms. The molecule has 10 heteroatoms. The molecule has 3 aliphatic rings. The van der Waals surface area contributed by atoms with Crippen LogP contribution < -0.4 is 16.0 Å². The number of nitrogens with zero attached hydrogens (tertiary/aromatic N) is 1. The molecule has 1 saturated carbocycles. The average Bonchev–Trinajstić information content (AvgIpc) is 2.61. The molecule has 2 unspecified atom stereocenters. The van der Waals surface area contributed by atoms with E-state index in [1.807, 2.05) is 5.32 Å². The fourth-order valence-corrected chi connectivity index (χ4v) is 6.18. The standard InChI is InChI=1S/C17H28N4O5S/c1-11-14(16(23)20-17(24)18-11)27(25,26)21-9-7-12(8-10-21)15(22)19-13-5-3-2-4-6-13/h11-14H,2-10H2,1H3,(H,19,22)(H2,18,20,23,24). The summed E-state index contributed by atoms with van der Waals surface area (Å²) in [5.41, 5.74) is 0. The highest BCUT2D eigenvalue weighted by atomic mass is 32.2. The summed E-state index contributed by atoms with van der Waals surface area (Å²) in [6.07, 6.45) is 6.40. The van der Waals surface area contributed by atoms with Crippen LogP contribution in [0.2, 0.25) is 0 Å². The van der Waals surface area contributed by atoms with Crippen LogP contribution in [0.3, 0.4) is 0 Å². The van der Waals surface area contributed by atoms with Crippen LogP contribution in [0.1, 0.15) is 51.9 Å². The van der Waals surface area contributed by atoms with E-state index in [-0.39, 0.29) is 31.0 Å². The van der Waals surface area contributed by atoms with Crippen molar-refractivity contribution in [3.63, 3.8) is 0 Å². The Morgan fingerprint density at radius 2 is 1.70 bits per heavy atom. The molecule has 0 radical (unpaired) electrons. The van der Waals surface area contributed by atoms with Crippen LogP contribution in [-0.2, 0) is 19.6 Å². The molecule has 3 rings (SSSR count). The Balaban J connectivity index is 1.57. The highest BCUT2D eigenvalue weighted by Gasteiger charge is 2.46. The Labute approximate surface area is 159 Å². The Bertz CT molecular complexity index is 696. The lowest BCUT2D eigenvalue weighted by molar-refractivity contribution is -0.127. The minimum absolute atomic E-state index is 0.00925. The van der Waals surface area contributed by atoms with E-state index in [4.69, 9.17) is 0 Å². The maximum Gasteiger partial charge on any atom is 0.321 e. The smallest absolute Gasteiger partial charge is 0.321 e. The third-order valence-corrected chi connectivity index (χ3v) is 8.11. The van der Waals surface area contributed by atoms with Crippen molar-refractivity contribution in [2.45, 2.75) is 69.2 Å². The van der Waals surface area contributed by atoms with Crippen LogP contribution in [0.25, 0.3) is 0 Å². The van der Waals surface area contributed by atoms with Gasteiger partial charge < -0.3 is 10.6 Å². The number of urea groups is 1. The number of hydrogen-bond donors (Lipinski definition) is 3. The average molecular weight is 401 g/mol.